The number of hydrogen-bond donors (Lipinski definition) is 6. The van der Waals surface area contributed by atoms with Gasteiger partial charge in [0.05, 0.1) is 33.2 Å². The van der Waals surface area contributed by atoms with Crippen molar-refractivity contribution in [2.45, 2.75) is 39.3 Å². The van der Waals surface area contributed by atoms with Crippen molar-refractivity contribution in [2.24, 2.45) is 0 Å². The summed E-state index contributed by atoms with van der Waals surface area (Å²) in [5, 5.41) is 30.5. The van der Waals surface area contributed by atoms with E-state index < -0.39 is 60.4 Å². The first-order valence-corrected chi connectivity index (χ1v) is 21.2. The number of hydrogen-bond acceptors (Lipinski definition) is 14. The molecule has 0 aliphatic heterocycles. The molecule has 0 saturated heterocycles. The van der Waals surface area contributed by atoms with Gasteiger partial charge in [-0.3, -0.25) is 0 Å². The van der Waals surface area contributed by atoms with Crippen LogP contribution in [0.15, 0.2) is 121 Å². The van der Waals surface area contributed by atoms with Crippen molar-refractivity contribution < 1.29 is 91.4 Å². The molecule has 2 aromatic heterocycles. The van der Waals surface area contributed by atoms with E-state index in [1.165, 1.54) is 72.8 Å². The number of aromatic carboxylic acids is 2. The maximum atomic E-state index is 12.5. The van der Waals surface area contributed by atoms with Crippen molar-refractivity contribution in [2.75, 3.05) is 21.3 Å². The zero-order valence-corrected chi connectivity index (χ0v) is 38.2. The minimum Gasteiger partial charge on any atom is -0.478 e. The minimum absolute atomic E-state index is 0.00707. The van der Waals surface area contributed by atoms with Gasteiger partial charge >= 0.3 is 37.4 Å². The summed E-state index contributed by atoms with van der Waals surface area (Å²) in [5.41, 5.74) is 2.92. The molecule has 0 aliphatic carbocycles. The fourth-order valence-electron chi connectivity index (χ4n) is 6.83. The van der Waals surface area contributed by atoms with Gasteiger partial charge in [-0.2, -0.15) is 0 Å². The minimum atomic E-state index is -4.87. The Morgan fingerprint density at radius 3 is 0.803 bits per heavy atom. The van der Waals surface area contributed by atoms with Crippen molar-refractivity contribution in [3.63, 3.8) is 0 Å². The Labute approximate surface area is 417 Å². The van der Waals surface area contributed by atoms with E-state index in [0.717, 1.165) is 48.5 Å². The second kappa shape index (κ2) is 21.5. The molecule has 0 aliphatic rings. The number of benzene rings is 6. The molecule has 2 heterocycles. The monoisotopic (exact) mass is 1080 g/mol. The topological polar surface area (TPSA) is 211 Å². The highest BCUT2D eigenvalue weighted by atomic mass is 19.4. The zero-order valence-electron chi connectivity index (χ0n) is 38.2. The van der Waals surface area contributed by atoms with E-state index in [1.54, 1.807) is 13.8 Å². The van der Waals surface area contributed by atoms with Crippen molar-refractivity contribution >= 4 is 80.0 Å². The molecule has 0 amide bonds. The van der Waals surface area contributed by atoms with Gasteiger partial charge in [-0.25, -0.2) is 29.5 Å². The van der Waals surface area contributed by atoms with Gasteiger partial charge in [-0.1, -0.05) is 0 Å². The van der Waals surface area contributed by atoms with Crippen LogP contribution in [0.4, 0.5) is 98.7 Å². The lowest BCUT2D eigenvalue weighted by Gasteiger charge is -2.16. The number of halogens is 12. The molecule has 0 fully saturated rings. The summed E-state index contributed by atoms with van der Waals surface area (Å²) in [6, 6.07) is 24.6. The lowest BCUT2D eigenvalue weighted by Crippen LogP contribution is -2.17. The van der Waals surface area contributed by atoms with Gasteiger partial charge in [-0.05, 0) is 146 Å². The Morgan fingerprint density at radius 1 is 0.368 bits per heavy atom. The van der Waals surface area contributed by atoms with Crippen LogP contribution >= 0.6 is 0 Å². The molecular weight excluding hydrogens is 1040 g/mol. The van der Waals surface area contributed by atoms with Crippen LogP contribution in [0.3, 0.4) is 0 Å². The molecule has 8 rings (SSSR count). The average molecular weight is 1080 g/mol. The van der Waals surface area contributed by atoms with Crippen molar-refractivity contribution in [1.82, 2.24) is 19.9 Å². The van der Waals surface area contributed by atoms with Gasteiger partial charge in [0.25, 0.3) is 0 Å². The standard InChI is InChI=1S/2C24H16F6N4O4/c2*1-12-17(22(35)36)10-11-18-19(12)34-21(32-14-4-8-16(9-5-14)38-24(28,29)30)20(33-18)31-13-2-6-15(7-3-13)37-23(25,26)27/h2*2-11H,1H3,(H,31,33)(H,32,34)(H,35,36). The molecule has 0 spiro atoms. The molecule has 6 aromatic carbocycles. The van der Waals surface area contributed by atoms with E-state index in [1.807, 2.05) is 0 Å². The molecule has 0 unspecified atom stereocenters. The Kier molecular flexibility index (Phi) is 15.4. The number of carboxylic acid groups (broad SMARTS) is 2. The van der Waals surface area contributed by atoms with Gasteiger partial charge in [0.1, 0.15) is 23.0 Å². The third-order valence-electron chi connectivity index (χ3n) is 10.0. The summed E-state index contributed by atoms with van der Waals surface area (Å²) in [7, 11) is 0. The maximum absolute atomic E-state index is 12.5. The van der Waals surface area contributed by atoms with Crippen molar-refractivity contribution in [3.8, 4) is 23.0 Å². The number of nitrogens with one attached hydrogen (secondary N) is 4. The number of rotatable bonds is 14. The molecular formula is C48H32F12N8O8. The summed E-state index contributed by atoms with van der Waals surface area (Å²) in [4.78, 5) is 41.0. The SMILES string of the molecule is Cc1c(C(=O)O)ccc2nc(Nc3ccc(OC(F)(F)F)cc3)c(Nc3ccc(OC(F)(F)F)cc3)nc12.Cc1c(C(=O)O)ccc2nc(Nc3ccc(OC(F)(F)F)cc3)c(Nc3ccc(OC(F)(F)F)cc3)nc12. The van der Waals surface area contributed by atoms with Crippen LogP contribution in [0, 0.1) is 13.8 Å². The Balaban J connectivity index is 0.000000221. The van der Waals surface area contributed by atoms with Crippen LogP contribution in [0.1, 0.15) is 31.8 Å². The second-order valence-corrected chi connectivity index (χ2v) is 15.5. The number of alkyl halides is 12. The lowest BCUT2D eigenvalue weighted by molar-refractivity contribution is -0.275. The van der Waals surface area contributed by atoms with E-state index in [2.05, 4.69) is 60.2 Å². The van der Waals surface area contributed by atoms with E-state index in [9.17, 15) is 72.5 Å². The highest BCUT2D eigenvalue weighted by Crippen LogP contribution is 2.35. The van der Waals surface area contributed by atoms with Gasteiger partial charge in [0.2, 0.25) is 0 Å². The van der Waals surface area contributed by atoms with Crippen LogP contribution in [0.2, 0.25) is 0 Å². The summed E-state index contributed by atoms with van der Waals surface area (Å²) in [6.07, 6.45) is -19.4. The van der Waals surface area contributed by atoms with Crippen molar-refractivity contribution in [1.29, 1.82) is 0 Å². The predicted molar refractivity (Wildman–Crippen MR) is 248 cm³/mol. The molecule has 76 heavy (non-hydrogen) atoms. The van der Waals surface area contributed by atoms with Crippen LogP contribution in [0.25, 0.3) is 22.1 Å². The number of nitrogens with zero attached hydrogens (tertiary/aromatic N) is 4. The lowest BCUT2D eigenvalue weighted by atomic mass is 10.1. The normalized spacial score (nSPS) is 11.8. The number of carbonyl (C=O) groups is 2. The molecule has 16 nitrogen and oxygen atoms in total. The van der Waals surface area contributed by atoms with Crippen LogP contribution < -0.4 is 40.2 Å². The van der Waals surface area contributed by atoms with Gasteiger partial charge in [-0.15, -0.1) is 52.7 Å². The Hall–Kier alpha value is -9.50. The van der Waals surface area contributed by atoms with E-state index >= 15 is 0 Å². The summed E-state index contributed by atoms with van der Waals surface area (Å²) < 4.78 is 165. The number of anilines is 8. The number of ether oxygens (including phenoxy) is 4. The first-order chi connectivity index (χ1) is 35.5. The van der Waals surface area contributed by atoms with Crippen molar-refractivity contribution in [3.05, 3.63) is 144 Å². The molecule has 396 valence electrons. The summed E-state index contributed by atoms with van der Waals surface area (Å²) in [5.74, 6) is -3.82. The number of carboxylic acids is 2. The highest BCUT2D eigenvalue weighted by Gasteiger charge is 2.33. The smallest absolute Gasteiger partial charge is 0.478 e. The summed E-state index contributed by atoms with van der Waals surface area (Å²) in [6.45, 7) is 3.08. The Morgan fingerprint density at radius 2 is 0.592 bits per heavy atom. The number of aromatic nitrogens is 4. The molecule has 28 heteroatoms. The first kappa shape index (κ1) is 54.3. The van der Waals surface area contributed by atoms with E-state index in [-0.39, 0.29) is 56.8 Å². The number of fused-ring (bicyclic) bond motifs is 2. The van der Waals surface area contributed by atoms with Gasteiger partial charge in [0.15, 0.2) is 23.3 Å². The van der Waals surface area contributed by atoms with Gasteiger partial charge < -0.3 is 50.4 Å². The Bertz CT molecular complexity index is 3170. The zero-order chi connectivity index (χ0) is 55.3. The maximum Gasteiger partial charge on any atom is 0.573 e. The molecule has 0 radical (unpaired) electrons. The molecule has 0 bridgehead atoms. The third-order valence-corrected chi connectivity index (χ3v) is 10.0. The molecule has 0 saturated carbocycles. The van der Waals surface area contributed by atoms with E-state index in [0.29, 0.717) is 33.5 Å². The van der Waals surface area contributed by atoms with Gasteiger partial charge in [0, 0.05) is 22.7 Å². The molecule has 6 N–H and O–H groups in total. The van der Waals surface area contributed by atoms with Crippen LogP contribution in [-0.2, 0) is 0 Å². The fourth-order valence-corrected chi connectivity index (χ4v) is 6.83. The van der Waals surface area contributed by atoms with Crippen LogP contribution in [0.5, 0.6) is 23.0 Å². The first-order valence-electron chi connectivity index (χ1n) is 21.2. The number of aryl methyl sites for hydroxylation is 2. The summed E-state index contributed by atoms with van der Waals surface area (Å²) >= 11 is 0. The predicted octanol–water partition coefficient (Wildman–Crippen LogP) is 13.8. The quantitative estimate of drug-likeness (QED) is 0.0559. The molecule has 8 aromatic rings. The third kappa shape index (κ3) is 14.8. The highest BCUT2D eigenvalue weighted by molar-refractivity contribution is 5.97. The largest absolute Gasteiger partial charge is 0.573 e. The average Bonchev–Trinajstić information content (AvgIpc) is 3.30. The second-order valence-electron chi connectivity index (χ2n) is 15.5. The fraction of sp³-hybridized carbons (Fsp3) is 0.125. The van der Waals surface area contributed by atoms with Crippen LogP contribution in [-0.4, -0.2) is 67.5 Å². The van der Waals surface area contributed by atoms with E-state index in [4.69, 9.17) is 0 Å². The molecule has 0 atom stereocenters.